The van der Waals surface area contributed by atoms with Gasteiger partial charge in [0.1, 0.15) is 11.6 Å². The van der Waals surface area contributed by atoms with E-state index < -0.39 is 10.8 Å². The lowest BCUT2D eigenvalue weighted by molar-refractivity contribution is -0.384. The van der Waals surface area contributed by atoms with Gasteiger partial charge in [0.25, 0.3) is 11.6 Å². The first-order chi connectivity index (χ1) is 14.0. The van der Waals surface area contributed by atoms with E-state index in [1.54, 1.807) is 0 Å². The number of carbonyl (C=O) groups is 1. The normalized spacial score (nSPS) is 10.9. The Labute approximate surface area is 169 Å². The van der Waals surface area contributed by atoms with Gasteiger partial charge in [0, 0.05) is 23.4 Å². The van der Waals surface area contributed by atoms with Crippen molar-refractivity contribution in [2.45, 2.75) is 12.1 Å². The molecule has 0 aliphatic heterocycles. The number of hydrogen-bond donors (Lipinski definition) is 2. The Bertz CT molecular complexity index is 1070. The molecule has 0 atom stereocenters. The van der Waals surface area contributed by atoms with Crippen molar-refractivity contribution in [3.63, 3.8) is 0 Å². The van der Waals surface area contributed by atoms with Crippen molar-refractivity contribution in [2.24, 2.45) is 5.10 Å². The third kappa shape index (κ3) is 4.96. The lowest BCUT2D eigenvalue weighted by atomic mass is 10.2. The summed E-state index contributed by atoms with van der Waals surface area (Å²) < 4.78 is 1.84. The summed E-state index contributed by atoms with van der Waals surface area (Å²) in [6.45, 7) is 1.82. The third-order valence-corrected chi connectivity index (χ3v) is 4.69. The molecule has 0 aliphatic carbocycles. The molecule has 3 aromatic rings. The van der Waals surface area contributed by atoms with E-state index in [1.807, 2.05) is 41.8 Å². The van der Waals surface area contributed by atoms with Crippen LogP contribution >= 0.6 is 11.8 Å². The number of nitrogens with one attached hydrogen (secondary N) is 1. The van der Waals surface area contributed by atoms with Crippen LogP contribution in [-0.2, 0) is 4.79 Å². The summed E-state index contributed by atoms with van der Waals surface area (Å²) in [4.78, 5) is 22.3. The van der Waals surface area contributed by atoms with Crippen molar-refractivity contribution in [3.05, 3.63) is 70.0 Å². The predicted molar refractivity (Wildman–Crippen MR) is 107 cm³/mol. The molecule has 148 valence electrons. The third-order valence-electron chi connectivity index (χ3n) is 3.76. The fourth-order valence-electron chi connectivity index (χ4n) is 2.41. The number of aromatic hydroxyl groups is 1. The Morgan fingerprint density at radius 1 is 1.31 bits per heavy atom. The molecule has 0 radical (unpaired) electrons. The topological polar surface area (TPSA) is 136 Å². The van der Waals surface area contributed by atoms with Crippen LogP contribution in [0, 0.1) is 17.0 Å². The summed E-state index contributed by atoms with van der Waals surface area (Å²) in [5.74, 6) is 0.132. The Morgan fingerprint density at radius 2 is 2.07 bits per heavy atom. The van der Waals surface area contributed by atoms with E-state index in [0.717, 1.165) is 18.0 Å². The van der Waals surface area contributed by atoms with Crippen molar-refractivity contribution in [3.8, 4) is 11.4 Å². The SMILES string of the molecule is Cc1nnc(SCC(=O)N/N=C\c2cc([N+](=O)[O-])ccc2O)n1-c1ccccc1. The fourth-order valence-corrected chi connectivity index (χ4v) is 3.20. The second kappa shape index (κ2) is 8.97. The molecule has 0 bridgehead atoms. The van der Waals surface area contributed by atoms with Gasteiger partial charge in [-0.15, -0.1) is 10.2 Å². The summed E-state index contributed by atoms with van der Waals surface area (Å²) in [7, 11) is 0. The number of thioether (sulfide) groups is 1. The number of nitro benzene ring substituents is 1. The number of non-ortho nitro benzene ring substituents is 1. The van der Waals surface area contributed by atoms with Crippen LogP contribution in [0.2, 0.25) is 0 Å². The number of hydrogen-bond acceptors (Lipinski definition) is 8. The zero-order valence-corrected chi connectivity index (χ0v) is 16.0. The minimum atomic E-state index is -0.586. The summed E-state index contributed by atoms with van der Waals surface area (Å²) in [6, 6.07) is 13.0. The van der Waals surface area contributed by atoms with Gasteiger partial charge >= 0.3 is 0 Å². The van der Waals surface area contributed by atoms with Crippen LogP contribution in [-0.4, -0.2) is 42.7 Å². The van der Waals surface area contributed by atoms with Crippen molar-refractivity contribution in [1.82, 2.24) is 20.2 Å². The number of aryl methyl sites for hydroxylation is 1. The number of carbonyl (C=O) groups excluding carboxylic acids is 1. The number of nitro groups is 1. The number of aromatic nitrogens is 3. The Hall–Kier alpha value is -3.73. The molecule has 11 heteroatoms. The zero-order valence-electron chi connectivity index (χ0n) is 15.2. The number of nitrogens with zero attached hydrogens (tertiary/aromatic N) is 5. The van der Waals surface area contributed by atoms with Crippen molar-refractivity contribution >= 4 is 29.6 Å². The highest BCUT2D eigenvalue weighted by molar-refractivity contribution is 7.99. The number of amides is 1. The first kappa shape index (κ1) is 20.0. The smallest absolute Gasteiger partial charge is 0.270 e. The molecular weight excluding hydrogens is 396 g/mol. The second-order valence-electron chi connectivity index (χ2n) is 5.78. The number of rotatable bonds is 7. The maximum Gasteiger partial charge on any atom is 0.270 e. The molecule has 1 amide bonds. The van der Waals surface area contributed by atoms with E-state index in [9.17, 15) is 20.0 Å². The van der Waals surface area contributed by atoms with E-state index in [1.165, 1.54) is 23.9 Å². The standard InChI is InChI=1S/C18H16N6O4S/c1-12-20-22-18(23(12)14-5-3-2-4-6-14)29-11-17(26)21-19-10-13-9-15(24(27)28)7-8-16(13)25/h2-10,25H,11H2,1H3,(H,21,26)/b19-10-. The van der Waals surface area contributed by atoms with E-state index in [4.69, 9.17) is 0 Å². The summed E-state index contributed by atoms with van der Waals surface area (Å²) in [5.41, 5.74) is 3.13. The molecule has 10 nitrogen and oxygen atoms in total. The van der Waals surface area contributed by atoms with Crippen LogP contribution in [0.1, 0.15) is 11.4 Å². The van der Waals surface area contributed by atoms with Crippen LogP contribution in [0.4, 0.5) is 5.69 Å². The molecule has 0 spiro atoms. The number of phenolic OH excluding ortho intramolecular Hbond substituents is 1. The number of para-hydroxylation sites is 1. The lowest BCUT2D eigenvalue weighted by Gasteiger charge is -2.07. The molecular formula is C18H16N6O4S. The Kier molecular flexibility index (Phi) is 6.19. The van der Waals surface area contributed by atoms with Gasteiger partial charge in [-0.25, -0.2) is 5.43 Å². The Morgan fingerprint density at radius 3 is 2.79 bits per heavy atom. The van der Waals surface area contributed by atoms with Gasteiger partial charge < -0.3 is 5.11 Å². The van der Waals surface area contributed by atoms with Crippen LogP contribution in [0.5, 0.6) is 5.75 Å². The minimum absolute atomic E-state index is 0.0310. The molecule has 1 heterocycles. The summed E-state index contributed by atoms with van der Waals surface area (Å²) >= 11 is 1.19. The maximum atomic E-state index is 12.0. The van der Waals surface area contributed by atoms with Gasteiger partial charge in [-0.3, -0.25) is 19.5 Å². The molecule has 2 aromatic carbocycles. The minimum Gasteiger partial charge on any atom is -0.507 e. The fraction of sp³-hybridized carbons (Fsp3) is 0.111. The average Bonchev–Trinajstić information content (AvgIpc) is 3.08. The molecule has 0 unspecified atom stereocenters. The second-order valence-corrected chi connectivity index (χ2v) is 6.73. The summed E-state index contributed by atoms with van der Waals surface area (Å²) in [5, 5.41) is 33.0. The molecule has 2 N–H and O–H groups in total. The molecule has 29 heavy (non-hydrogen) atoms. The van der Waals surface area contributed by atoms with Crippen LogP contribution in [0.15, 0.2) is 58.8 Å². The highest BCUT2D eigenvalue weighted by Crippen LogP contribution is 2.22. The van der Waals surface area contributed by atoms with Crippen LogP contribution in [0.3, 0.4) is 0 Å². The van der Waals surface area contributed by atoms with E-state index in [0.29, 0.717) is 11.0 Å². The number of phenols is 1. The predicted octanol–water partition coefficient (Wildman–Crippen LogP) is 2.43. The van der Waals surface area contributed by atoms with E-state index in [-0.39, 0.29) is 22.8 Å². The monoisotopic (exact) mass is 412 g/mol. The largest absolute Gasteiger partial charge is 0.507 e. The van der Waals surface area contributed by atoms with E-state index in [2.05, 4.69) is 20.7 Å². The molecule has 0 fully saturated rings. The highest BCUT2D eigenvalue weighted by Gasteiger charge is 2.13. The van der Waals surface area contributed by atoms with Crippen LogP contribution < -0.4 is 5.43 Å². The zero-order chi connectivity index (χ0) is 20.8. The van der Waals surface area contributed by atoms with Crippen molar-refractivity contribution < 1.29 is 14.8 Å². The highest BCUT2D eigenvalue weighted by atomic mass is 32.2. The Balaban J connectivity index is 1.61. The molecule has 0 saturated heterocycles. The van der Waals surface area contributed by atoms with Gasteiger partial charge in [-0.2, -0.15) is 5.10 Å². The van der Waals surface area contributed by atoms with Crippen molar-refractivity contribution in [1.29, 1.82) is 0 Å². The molecule has 3 rings (SSSR count). The van der Waals surface area contributed by atoms with Crippen molar-refractivity contribution in [2.75, 3.05) is 5.75 Å². The molecule has 1 aromatic heterocycles. The molecule has 0 aliphatic rings. The number of hydrazone groups is 1. The van der Waals surface area contributed by atoms with Gasteiger partial charge in [-0.1, -0.05) is 30.0 Å². The van der Waals surface area contributed by atoms with E-state index >= 15 is 0 Å². The van der Waals surface area contributed by atoms with Gasteiger partial charge in [0.05, 0.1) is 16.9 Å². The van der Waals surface area contributed by atoms with Gasteiger partial charge in [0.2, 0.25) is 0 Å². The number of benzene rings is 2. The average molecular weight is 412 g/mol. The van der Waals surface area contributed by atoms with Crippen LogP contribution in [0.25, 0.3) is 5.69 Å². The summed E-state index contributed by atoms with van der Waals surface area (Å²) in [6.07, 6.45) is 1.14. The first-order valence-electron chi connectivity index (χ1n) is 8.35. The maximum absolute atomic E-state index is 12.0. The molecule has 0 saturated carbocycles. The van der Waals surface area contributed by atoms with Gasteiger partial charge in [-0.05, 0) is 25.1 Å². The lowest BCUT2D eigenvalue weighted by Crippen LogP contribution is -2.20. The quantitative estimate of drug-likeness (QED) is 0.263. The first-order valence-corrected chi connectivity index (χ1v) is 9.34. The van der Waals surface area contributed by atoms with Gasteiger partial charge in [0.15, 0.2) is 5.16 Å².